The highest BCUT2D eigenvalue weighted by atomic mass is 16.1. The van der Waals surface area contributed by atoms with Crippen LogP contribution >= 0.6 is 0 Å². The standard InChI is InChI=1S/C12H14O2/c1-2-3-8-6-10(13)7-9-4-5-11(14)12(8)9/h2,7-8,12H,1,3-6H2/t8-,12+/m1/s1. The fourth-order valence-corrected chi connectivity index (χ4v) is 2.59. The van der Waals surface area contributed by atoms with Gasteiger partial charge >= 0.3 is 0 Å². The molecule has 2 aliphatic rings. The lowest BCUT2D eigenvalue weighted by molar-refractivity contribution is -0.122. The lowest BCUT2D eigenvalue weighted by Gasteiger charge is -2.25. The largest absolute Gasteiger partial charge is 0.299 e. The smallest absolute Gasteiger partial charge is 0.155 e. The summed E-state index contributed by atoms with van der Waals surface area (Å²) in [5.41, 5.74) is 1.07. The highest BCUT2D eigenvalue weighted by Crippen LogP contribution is 2.40. The predicted octanol–water partition coefficient (Wildman–Crippen LogP) is 2.06. The Morgan fingerprint density at radius 2 is 2.21 bits per heavy atom. The first-order valence-corrected chi connectivity index (χ1v) is 5.09. The van der Waals surface area contributed by atoms with Crippen LogP contribution in [0.2, 0.25) is 0 Å². The first kappa shape index (κ1) is 9.38. The van der Waals surface area contributed by atoms with Crippen LogP contribution in [0.25, 0.3) is 0 Å². The molecule has 1 fully saturated rings. The monoisotopic (exact) mass is 190 g/mol. The van der Waals surface area contributed by atoms with Crippen molar-refractivity contribution in [3.63, 3.8) is 0 Å². The Morgan fingerprint density at radius 1 is 1.43 bits per heavy atom. The first-order valence-electron chi connectivity index (χ1n) is 5.09. The molecule has 0 aliphatic heterocycles. The van der Waals surface area contributed by atoms with E-state index in [9.17, 15) is 9.59 Å². The van der Waals surface area contributed by atoms with Gasteiger partial charge in [0.05, 0.1) is 0 Å². The number of carbonyl (C=O) groups is 2. The van der Waals surface area contributed by atoms with Crippen molar-refractivity contribution in [2.45, 2.75) is 25.7 Å². The molecule has 14 heavy (non-hydrogen) atoms. The van der Waals surface area contributed by atoms with Crippen LogP contribution < -0.4 is 0 Å². The lowest BCUT2D eigenvalue weighted by Crippen LogP contribution is -2.26. The quantitative estimate of drug-likeness (QED) is 0.624. The van der Waals surface area contributed by atoms with Gasteiger partial charge in [-0.05, 0) is 24.8 Å². The van der Waals surface area contributed by atoms with E-state index in [1.54, 1.807) is 6.08 Å². The van der Waals surface area contributed by atoms with Gasteiger partial charge in [0.2, 0.25) is 0 Å². The number of carbonyl (C=O) groups excluding carboxylic acids is 2. The summed E-state index contributed by atoms with van der Waals surface area (Å²) in [6.07, 6.45) is 6.22. The topological polar surface area (TPSA) is 34.1 Å². The van der Waals surface area contributed by atoms with Crippen LogP contribution in [0.5, 0.6) is 0 Å². The zero-order chi connectivity index (χ0) is 10.1. The molecular formula is C12H14O2. The van der Waals surface area contributed by atoms with E-state index in [2.05, 4.69) is 6.58 Å². The third kappa shape index (κ3) is 1.45. The molecule has 2 atom stereocenters. The van der Waals surface area contributed by atoms with Gasteiger partial charge in [0, 0.05) is 18.8 Å². The molecule has 0 N–H and O–H groups in total. The molecule has 2 aliphatic carbocycles. The number of fused-ring (bicyclic) bond motifs is 1. The summed E-state index contributed by atoms with van der Waals surface area (Å²) >= 11 is 0. The van der Waals surface area contributed by atoms with Crippen LogP contribution in [0.3, 0.4) is 0 Å². The summed E-state index contributed by atoms with van der Waals surface area (Å²) in [6, 6.07) is 0. The number of allylic oxidation sites excluding steroid dienone is 3. The Kier molecular flexibility index (Phi) is 2.36. The molecular weight excluding hydrogens is 176 g/mol. The number of hydrogen-bond acceptors (Lipinski definition) is 2. The maximum absolute atomic E-state index is 11.6. The van der Waals surface area contributed by atoms with E-state index in [-0.39, 0.29) is 17.6 Å². The second kappa shape index (κ2) is 3.52. The van der Waals surface area contributed by atoms with Gasteiger partial charge < -0.3 is 0 Å². The zero-order valence-corrected chi connectivity index (χ0v) is 8.16. The number of hydrogen-bond donors (Lipinski definition) is 0. The third-order valence-electron chi connectivity index (χ3n) is 3.16. The van der Waals surface area contributed by atoms with Crippen molar-refractivity contribution < 1.29 is 9.59 Å². The van der Waals surface area contributed by atoms with Gasteiger partial charge in [-0.25, -0.2) is 0 Å². The molecule has 1 saturated carbocycles. The Bertz CT molecular complexity index is 325. The van der Waals surface area contributed by atoms with Crippen LogP contribution in [0.1, 0.15) is 25.7 Å². The number of ketones is 2. The van der Waals surface area contributed by atoms with E-state index in [1.165, 1.54) is 0 Å². The second-order valence-electron chi connectivity index (χ2n) is 4.12. The normalized spacial score (nSPS) is 31.3. The molecule has 0 aromatic heterocycles. The molecule has 2 nitrogen and oxygen atoms in total. The van der Waals surface area contributed by atoms with Gasteiger partial charge in [0.1, 0.15) is 5.78 Å². The van der Waals surface area contributed by atoms with Crippen molar-refractivity contribution in [1.82, 2.24) is 0 Å². The van der Waals surface area contributed by atoms with Crippen LogP contribution in [-0.4, -0.2) is 11.6 Å². The average Bonchev–Trinajstić information content (AvgIpc) is 2.48. The summed E-state index contributed by atoms with van der Waals surface area (Å²) < 4.78 is 0. The summed E-state index contributed by atoms with van der Waals surface area (Å²) in [7, 11) is 0. The van der Waals surface area contributed by atoms with Crippen molar-refractivity contribution >= 4 is 11.6 Å². The molecule has 2 rings (SSSR count). The van der Waals surface area contributed by atoms with E-state index in [0.29, 0.717) is 18.6 Å². The van der Waals surface area contributed by atoms with Gasteiger partial charge in [-0.1, -0.05) is 11.6 Å². The van der Waals surface area contributed by atoms with Crippen molar-refractivity contribution in [2.75, 3.05) is 0 Å². The van der Waals surface area contributed by atoms with Gasteiger partial charge in [0.15, 0.2) is 5.78 Å². The van der Waals surface area contributed by atoms with Crippen molar-refractivity contribution in [1.29, 1.82) is 0 Å². The molecule has 0 aromatic carbocycles. The van der Waals surface area contributed by atoms with Crippen molar-refractivity contribution in [3.8, 4) is 0 Å². The molecule has 0 radical (unpaired) electrons. The van der Waals surface area contributed by atoms with Gasteiger partial charge in [-0.2, -0.15) is 0 Å². The molecule has 0 unspecified atom stereocenters. The van der Waals surface area contributed by atoms with E-state index < -0.39 is 0 Å². The second-order valence-corrected chi connectivity index (χ2v) is 4.12. The van der Waals surface area contributed by atoms with Crippen molar-refractivity contribution in [2.24, 2.45) is 11.8 Å². The maximum atomic E-state index is 11.6. The predicted molar refractivity (Wildman–Crippen MR) is 53.7 cm³/mol. The number of Topliss-reactive ketones (excluding diaryl/α,β-unsaturated/α-hetero) is 1. The Hall–Kier alpha value is -1.18. The fraction of sp³-hybridized carbons (Fsp3) is 0.500. The molecule has 0 bridgehead atoms. The molecule has 0 spiro atoms. The molecule has 0 saturated heterocycles. The summed E-state index contributed by atoms with van der Waals surface area (Å²) in [6.45, 7) is 3.68. The van der Waals surface area contributed by atoms with Crippen molar-refractivity contribution in [3.05, 3.63) is 24.3 Å². The first-order chi connectivity index (χ1) is 6.72. The van der Waals surface area contributed by atoms with Gasteiger partial charge in [-0.3, -0.25) is 9.59 Å². The molecule has 0 aromatic rings. The van der Waals surface area contributed by atoms with Crippen LogP contribution in [-0.2, 0) is 9.59 Å². The maximum Gasteiger partial charge on any atom is 0.155 e. The highest BCUT2D eigenvalue weighted by Gasteiger charge is 2.38. The number of rotatable bonds is 2. The SMILES string of the molecule is C=CC[C@@H]1CC(=O)C=C2CCC(=O)[C@H]21. The molecule has 0 heterocycles. The summed E-state index contributed by atoms with van der Waals surface area (Å²) in [4.78, 5) is 23.0. The zero-order valence-electron chi connectivity index (χ0n) is 8.16. The van der Waals surface area contributed by atoms with E-state index in [0.717, 1.165) is 18.4 Å². The minimum Gasteiger partial charge on any atom is -0.299 e. The van der Waals surface area contributed by atoms with E-state index in [4.69, 9.17) is 0 Å². The summed E-state index contributed by atoms with van der Waals surface area (Å²) in [5.74, 6) is 0.717. The minimum atomic E-state index is 0.0331. The Labute approximate surface area is 83.7 Å². The van der Waals surface area contributed by atoms with E-state index >= 15 is 0 Å². The Morgan fingerprint density at radius 3 is 2.93 bits per heavy atom. The average molecular weight is 190 g/mol. The molecule has 0 amide bonds. The summed E-state index contributed by atoms with van der Waals surface area (Å²) in [5, 5.41) is 0. The van der Waals surface area contributed by atoms with Crippen LogP contribution in [0.4, 0.5) is 0 Å². The molecule has 2 heteroatoms. The lowest BCUT2D eigenvalue weighted by atomic mass is 9.77. The highest BCUT2D eigenvalue weighted by molar-refractivity contribution is 5.97. The fourth-order valence-electron chi connectivity index (χ4n) is 2.59. The Balaban J connectivity index is 2.28. The van der Waals surface area contributed by atoms with E-state index in [1.807, 2.05) is 6.08 Å². The van der Waals surface area contributed by atoms with Gasteiger partial charge in [0.25, 0.3) is 0 Å². The van der Waals surface area contributed by atoms with Crippen LogP contribution in [0.15, 0.2) is 24.3 Å². The molecule has 74 valence electrons. The minimum absolute atomic E-state index is 0.0331. The third-order valence-corrected chi connectivity index (χ3v) is 3.16. The van der Waals surface area contributed by atoms with Crippen LogP contribution in [0, 0.1) is 11.8 Å². The van der Waals surface area contributed by atoms with Gasteiger partial charge in [-0.15, -0.1) is 6.58 Å².